The molecular weight excluding hydrogens is 304 g/mol. The number of ether oxygens (including phenoxy) is 2. The molecule has 1 aromatic rings. The molecule has 2 N–H and O–H groups in total. The van der Waals surface area contributed by atoms with Gasteiger partial charge < -0.3 is 15.2 Å². The minimum atomic E-state index is 0. The Morgan fingerprint density at radius 1 is 1.15 bits per heavy atom. The molecule has 0 aromatic heterocycles. The Kier molecular flexibility index (Phi) is 5.24. The lowest BCUT2D eigenvalue weighted by molar-refractivity contribution is 0.402. The van der Waals surface area contributed by atoms with Crippen molar-refractivity contribution in [2.45, 2.75) is 0 Å². The molecule has 0 saturated heterocycles. The minimum Gasteiger partial charge on any atom is -0.496 e. The van der Waals surface area contributed by atoms with Crippen LogP contribution in [-0.2, 0) is 0 Å². The van der Waals surface area contributed by atoms with Gasteiger partial charge in [-0.1, -0.05) is 0 Å². The molecule has 0 spiro atoms. The van der Waals surface area contributed by atoms with Crippen molar-refractivity contribution in [1.29, 1.82) is 0 Å². The lowest BCUT2D eigenvalue weighted by Crippen LogP contribution is -1.95. The molecule has 1 rings (SSSR count). The van der Waals surface area contributed by atoms with Crippen molar-refractivity contribution in [3.8, 4) is 11.5 Å². The number of methoxy groups -OCH3 is 2. The van der Waals surface area contributed by atoms with Crippen molar-refractivity contribution in [1.82, 2.24) is 0 Å². The second-order valence-electron chi connectivity index (χ2n) is 2.23. The largest absolute Gasteiger partial charge is 0.496 e. The Labute approximate surface area is 97.1 Å². The number of benzene rings is 1. The molecule has 13 heavy (non-hydrogen) atoms. The first-order chi connectivity index (χ1) is 5.69. The molecule has 0 amide bonds. The van der Waals surface area contributed by atoms with Crippen LogP contribution in [0.3, 0.4) is 0 Å². The van der Waals surface area contributed by atoms with E-state index in [1.165, 1.54) is 0 Å². The van der Waals surface area contributed by atoms with Crippen LogP contribution in [-0.4, -0.2) is 14.2 Å². The van der Waals surface area contributed by atoms with Crippen molar-refractivity contribution in [2.75, 3.05) is 20.0 Å². The Bertz CT molecular complexity index is 264. The summed E-state index contributed by atoms with van der Waals surface area (Å²) in [6.07, 6.45) is 0. The van der Waals surface area contributed by atoms with E-state index < -0.39 is 0 Å². The highest BCUT2D eigenvalue weighted by molar-refractivity contribution is 14.1. The maximum Gasteiger partial charge on any atom is 0.143 e. The normalized spacial score (nSPS) is 8.85. The molecule has 0 fully saturated rings. The summed E-state index contributed by atoms with van der Waals surface area (Å²) in [6.45, 7) is 0. The predicted octanol–water partition coefficient (Wildman–Crippen LogP) is 2.31. The number of nitrogen functional groups attached to an aromatic ring is 1. The van der Waals surface area contributed by atoms with E-state index in [-0.39, 0.29) is 12.4 Å². The Hall–Kier alpha value is -0.360. The number of halogens is 2. The fourth-order valence-electron chi connectivity index (χ4n) is 0.884. The van der Waals surface area contributed by atoms with Crippen molar-refractivity contribution in [3.63, 3.8) is 0 Å². The van der Waals surface area contributed by atoms with Crippen LogP contribution in [0, 0.1) is 3.57 Å². The van der Waals surface area contributed by atoms with E-state index in [4.69, 9.17) is 15.2 Å². The standard InChI is InChI=1S/C8H10INO2.ClH/c1-11-7-4-6(10)8(12-2)3-5(7)9;/h3-4H,10H2,1-2H3;1H. The molecule has 0 aliphatic carbocycles. The summed E-state index contributed by atoms with van der Waals surface area (Å²) in [4.78, 5) is 0. The third-order valence-electron chi connectivity index (χ3n) is 1.50. The van der Waals surface area contributed by atoms with Gasteiger partial charge in [-0.25, -0.2) is 0 Å². The SMILES string of the molecule is COc1cc(I)c(OC)cc1N.Cl. The Balaban J connectivity index is 0.00000144. The first-order valence-electron chi connectivity index (χ1n) is 3.36. The average Bonchev–Trinajstić information content (AvgIpc) is 2.08. The van der Waals surface area contributed by atoms with Crippen molar-refractivity contribution in [2.24, 2.45) is 0 Å². The lowest BCUT2D eigenvalue weighted by Gasteiger charge is -2.08. The zero-order chi connectivity index (χ0) is 9.14. The van der Waals surface area contributed by atoms with Crippen LogP contribution in [0.1, 0.15) is 0 Å². The second-order valence-corrected chi connectivity index (χ2v) is 3.39. The summed E-state index contributed by atoms with van der Waals surface area (Å²) < 4.78 is 11.1. The van der Waals surface area contributed by atoms with Crippen LogP contribution in [0.15, 0.2) is 12.1 Å². The van der Waals surface area contributed by atoms with Crippen LogP contribution in [0.2, 0.25) is 0 Å². The maximum atomic E-state index is 5.67. The van der Waals surface area contributed by atoms with Crippen molar-refractivity contribution >= 4 is 40.7 Å². The molecule has 0 radical (unpaired) electrons. The summed E-state index contributed by atoms with van der Waals surface area (Å²) in [5.74, 6) is 1.45. The number of hydrogen-bond donors (Lipinski definition) is 1. The molecular formula is C8H11ClINO2. The zero-order valence-corrected chi connectivity index (χ0v) is 10.3. The summed E-state index contributed by atoms with van der Waals surface area (Å²) in [5.41, 5.74) is 6.26. The predicted molar refractivity (Wildman–Crippen MR) is 63.9 cm³/mol. The van der Waals surface area contributed by atoms with Crippen molar-refractivity contribution in [3.05, 3.63) is 15.7 Å². The Morgan fingerprint density at radius 2 is 1.69 bits per heavy atom. The highest BCUT2D eigenvalue weighted by Gasteiger charge is 2.05. The van der Waals surface area contributed by atoms with Gasteiger partial charge in [0.05, 0.1) is 23.5 Å². The molecule has 0 bridgehead atoms. The third-order valence-corrected chi connectivity index (χ3v) is 2.35. The highest BCUT2D eigenvalue weighted by atomic mass is 127. The molecule has 0 atom stereocenters. The molecule has 0 heterocycles. The van der Waals surface area contributed by atoms with Gasteiger partial charge in [-0.15, -0.1) is 12.4 Å². The van der Waals surface area contributed by atoms with Gasteiger partial charge in [0.1, 0.15) is 11.5 Å². The molecule has 3 nitrogen and oxygen atoms in total. The van der Waals surface area contributed by atoms with Crippen molar-refractivity contribution < 1.29 is 9.47 Å². The van der Waals surface area contributed by atoms with E-state index in [9.17, 15) is 0 Å². The van der Waals surface area contributed by atoms with Gasteiger partial charge in [-0.2, -0.15) is 0 Å². The van der Waals surface area contributed by atoms with Crippen LogP contribution < -0.4 is 15.2 Å². The second kappa shape index (κ2) is 5.39. The third kappa shape index (κ3) is 2.80. The number of anilines is 1. The zero-order valence-electron chi connectivity index (χ0n) is 7.33. The molecule has 1 aromatic carbocycles. The summed E-state index contributed by atoms with van der Waals surface area (Å²) in [6, 6.07) is 3.59. The number of hydrogen-bond acceptors (Lipinski definition) is 3. The smallest absolute Gasteiger partial charge is 0.143 e. The van der Waals surface area contributed by atoms with Gasteiger partial charge in [0.2, 0.25) is 0 Å². The van der Waals surface area contributed by atoms with Gasteiger partial charge >= 0.3 is 0 Å². The Morgan fingerprint density at radius 3 is 2.15 bits per heavy atom. The van der Waals surface area contributed by atoms with E-state index in [1.54, 1.807) is 20.3 Å². The van der Waals surface area contributed by atoms with E-state index in [0.717, 1.165) is 9.32 Å². The summed E-state index contributed by atoms with van der Waals surface area (Å²) in [7, 11) is 3.21. The minimum absolute atomic E-state index is 0. The van der Waals surface area contributed by atoms with Gasteiger partial charge in [0.15, 0.2) is 0 Å². The van der Waals surface area contributed by atoms with Crippen LogP contribution in [0.5, 0.6) is 11.5 Å². The first kappa shape index (κ1) is 12.6. The first-order valence-corrected chi connectivity index (χ1v) is 4.44. The van der Waals surface area contributed by atoms with Gasteiger partial charge in [-0.3, -0.25) is 0 Å². The van der Waals surface area contributed by atoms with Crippen LogP contribution in [0.4, 0.5) is 5.69 Å². The van der Waals surface area contributed by atoms with E-state index >= 15 is 0 Å². The van der Waals surface area contributed by atoms with Gasteiger partial charge in [0.25, 0.3) is 0 Å². The van der Waals surface area contributed by atoms with Crippen LogP contribution >= 0.6 is 35.0 Å². The fourth-order valence-corrected chi connectivity index (χ4v) is 1.54. The average molecular weight is 316 g/mol. The maximum absolute atomic E-state index is 5.67. The molecule has 0 aliphatic heterocycles. The quantitative estimate of drug-likeness (QED) is 0.673. The number of nitrogens with two attached hydrogens (primary N) is 1. The van der Waals surface area contributed by atoms with E-state index in [1.807, 2.05) is 6.07 Å². The highest BCUT2D eigenvalue weighted by Crippen LogP contribution is 2.31. The van der Waals surface area contributed by atoms with Gasteiger partial charge in [0, 0.05) is 6.07 Å². The van der Waals surface area contributed by atoms with E-state index in [2.05, 4.69) is 22.6 Å². The van der Waals surface area contributed by atoms with Gasteiger partial charge in [-0.05, 0) is 28.7 Å². The monoisotopic (exact) mass is 315 g/mol. The molecule has 0 unspecified atom stereocenters. The molecule has 0 aliphatic rings. The summed E-state index contributed by atoms with van der Waals surface area (Å²) in [5, 5.41) is 0. The number of rotatable bonds is 2. The van der Waals surface area contributed by atoms with Crippen LogP contribution in [0.25, 0.3) is 0 Å². The molecule has 5 heteroatoms. The molecule has 0 saturated carbocycles. The fraction of sp³-hybridized carbons (Fsp3) is 0.250. The summed E-state index contributed by atoms with van der Waals surface area (Å²) >= 11 is 2.17. The topological polar surface area (TPSA) is 44.5 Å². The van der Waals surface area contributed by atoms with E-state index in [0.29, 0.717) is 11.4 Å². The molecule has 74 valence electrons. The lowest BCUT2D eigenvalue weighted by atomic mass is 10.3.